The number of amides is 2. The second-order valence-electron chi connectivity index (χ2n) is 4.15. The fourth-order valence-electron chi connectivity index (χ4n) is 1.47. The van der Waals surface area contributed by atoms with Crippen LogP contribution in [-0.4, -0.2) is 36.0 Å². The lowest BCUT2D eigenvalue weighted by atomic mass is 10.2. The van der Waals surface area contributed by atoms with Crippen LogP contribution in [0.25, 0.3) is 4.98 Å². The summed E-state index contributed by atoms with van der Waals surface area (Å²) in [6.07, 6.45) is -0.0736. The number of nitrogens with one attached hydrogen (secondary N) is 2. The van der Waals surface area contributed by atoms with Gasteiger partial charge in [-0.25, -0.2) is 0 Å². The molecule has 1 aromatic carbocycles. The maximum Gasteiger partial charge on any atom is 0.385 e. The van der Waals surface area contributed by atoms with Gasteiger partial charge in [-0.15, -0.1) is 0 Å². The third kappa shape index (κ3) is 7.21. The number of carbonyl (C=O) groups excluding carboxylic acids is 2. The fraction of sp³-hybridized carbons (Fsp3) is 0.308. The van der Waals surface area contributed by atoms with Crippen LogP contribution < -0.4 is 23.0 Å². The van der Waals surface area contributed by atoms with E-state index < -0.39 is 5.97 Å². The van der Waals surface area contributed by atoms with Crippen molar-refractivity contribution in [2.24, 2.45) is 0 Å². The molecule has 0 atom stereocenters. The van der Waals surface area contributed by atoms with Crippen molar-refractivity contribution in [3.63, 3.8) is 0 Å². The molecule has 0 aromatic heterocycles. The van der Waals surface area contributed by atoms with E-state index in [2.05, 4.69) is 15.6 Å². The minimum absolute atomic E-state index is 0. The Balaban J connectivity index is 0.00000441. The van der Waals surface area contributed by atoms with Crippen LogP contribution in [0.5, 0.6) is 0 Å². The van der Waals surface area contributed by atoms with Gasteiger partial charge in [0.2, 0.25) is 11.3 Å². The molecule has 0 fully saturated rings. The van der Waals surface area contributed by atoms with Crippen LogP contribution in [-0.2, 0) is 9.59 Å². The Bertz CT molecular complexity index is 568. The van der Waals surface area contributed by atoms with Crippen LogP contribution in [0, 0.1) is 5.39 Å². The summed E-state index contributed by atoms with van der Waals surface area (Å²) in [6, 6.07) is 5.95. The third-order valence-corrected chi connectivity index (χ3v) is 2.54. The first-order chi connectivity index (χ1) is 10.0. The van der Waals surface area contributed by atoms with Crippen molar-refractivity contribution in [1.29, 1.82) is 5.39 Å². The number of nitrogens with zero attached hydrogens (tertiary/aromatic N) is 2. The molecule has 9 heteroatoms. The summed E-state index contributed by atoms with van der Waals surface area (Å²) in [7, 11) is 0. The number of halogens is 1. The molecule has 0 saturated carbocycles. The zero-order valence-corrected chi connectivity index (χ0v) is 12.3. The molecule has 0 saturated heterocycles. The Hall–Kier alpha value is -2.66. The number of carbonyl (C=O) groups is 3. The van der Waals surface area contributed by atoms with Crippen molar-refractivity contribution in [2.75, 3.05) is 13.1 Å². The zero-order valence-electron chi connectivity index (χ0n) is 11.6. The molecule has 0 radical (unpaired) electrons. The molecule has 0 heterocycles. The van der Waals surface area contributed by atoms with Crippen molar-refractivity contribution in [3.05, 3.63) is 34.8 Å². The number of benzene rings is 1. The van der Waals surface area contributed by atoms with Gasteiger partial charge in [-0.3, -0.25) is 14.4 Å². The van der Waals surface area contributed by atoms with E-state index in [-0.39, 0.29) is 50.2 Å². The standard InChI is InChI=1S/C13H14N4O4.ClH/c14-17-10-3-1-9(2-4-10)13(21)16-7-5-11(18)15-8-6-12(19)20;/h1-4H,5-8H2,(H2-,15,16,18,19,20,21);1H. The molecule has 2 amide bonds. The van der Waals surface area contributed by atoms with Crippen molar-refractivity contribution in [2.45, 2.75) is 12.8 Å². The van der Waals surface area contributed by atoms with Gasteiger partial charge in [0, 0.05) is 37.2 Å². The highest BCUT2D eigenvalue weighted by Gasteiger charge is 2.09. The topological polar surface area (TPSA) is 124 Å². The summed E-state index contributed by atoms with van der Waals surface area (Å²) in [6.45, 7) is 0.206. The van der Waals surface area contributed by atoms with Crippen LogP contribution in [0.2, 0.25) is 0 Å². The Morgan fingerprint density at radius 1 is 1.05 bits per heavy atom. The summed E-state index contributed by atoms with van der Waals surface area (Å²) in [5, 5.41) is 21.9. The lowest BCUT2D eigenvalue weighted by Crippen LogP contribution is -3.00. The number of aliphatic carboxylic acids is 1. The molecule has 0 aliphatic carbocycles. The average Bonchev–Trinajstić information content (AvgIpc) is 2.46. The van der Waals surface area contributed by atoms with Gasteiger partial charge >= 0.3 is 11.7 Å². The zero-order chi connectivity index (χ0) is 15.7. The van der Waals surface area contributed by atoms with E-state index in [4.69, 9.17) is 10.5 Å². The van der Waals surface area contributed by atoms with Crippen LogP contribution in [0.3, 0.4) is 0 Å². The highest BCUT2D eigenvalue weighted by molar-refractivity contribution is 5.94. The summed E-state index contributed by atoms with van der Waals surface area (Å²) in [4.78, 5) is 36.3. The molecule has 1 rings (SSSR count). The lowest BCUT2D eigenvalue weighted by molar-refractivity contribution is -0.136. The second kappa shape index (κ2) is 10.1. The Morgan fingerprint density at radius 2 is 1.64 bits per heavy atom. The smallest absolute Gasteiger partial charge is 0.385 e. The summed E-state index contributed by atoms with van der Waals surface area (Å²) < 4.78 is 0. The number of rotatable bonds is 7. The molecule has 0 spiro atoms. The maximum atomic E-state index is 11.7. The van der Waals surface area contributed by atoms with Gasteiger partial charge in [-0.05, 0) is 12.1 Å². The normalized spacial score (nSPS) is 9.05. The van der Waals surface area contributed by atoms with E-state index >= 15 is 0 Å². The van der Waals surface area contributed by atoms with Crippen molar-refractivity contribution in [3.8, 4) is 0 Å². The van der Waals surface area contributed by atoms with E-state index in [0.717, 1.165) is 0 Å². The summed E-state index contributed by atoms with van der Waals surface area (Å²) >= 11 is 0. The Kier molecular flexibility index (Phi) is 8.90. The first-order valence-electron chi connectivity index (χ1n) is 6.25. The first kappa shape index (κ1) is 19.3. The third-order valence-electron chi connectivity index (χ3n) is 2.54. The molecule has 118 valence electrons. The minimum atomic E-state index is -0.985. The van der Waals surface area contributed by atoms with Crippen LogP contribution >= 0.6 is 0 Å². The predicted molar refractivity (Wildman–Crippen MR) is 73.4 cm³/mol. The van der Waals surface area contributed by atoms with E-state index in [1.54, 1.807) is 0 Å². The molecule has 0 aliphatic rings. The summed E-state index contributed by atoms with van der Waals surface area (Å²) in [5.74, 6) is -1.66. The second-order valence-corrected chi connectivity index (χ2v) is 4.15. The quantitative estimate of drug-likeness (QED) is 0.495. The van der Waals surface area contributed by atoms with Gasteiger partial charge in [0.25, 0.3) is 5.91 Å². The molecule has 22 heavy (non-hydrogen) atoms. The predicted octanol–water partition coefficient (Wildman–Crippen LogP) is -2.11. The number of carboxylic acid groups (broad SMARTS) is 1. The fourth-order valence-corrected chi connectivity index (χ4v) is 1.47. The first-order valence-corrected chi connectivity index (χ1v) is 6.25. The Morgan fingerprint density at radius 3 is 2.18 bits per heavy atom. The Labute approximate surface area is 132 Å². The van der Waals surface area contributed by atoms with Crippen LogP contribution in [0.15, 0.2) is 24.3 Å². The molecule has 8 nitrogen and oxygen atoms in total. The molecule has 0 aliphatic heterocycles. The molecule has 0 unspecified atom stereocenters. The number of carboxylic acids is 1. The van der Waals surface area contributed by atoms with E-state index in [9.17, 15) is 14.4 Å². The van der Waals surface area contributed by atoms with Crippen molar-refractivity contribution >= 4 is 23.5 Å². The number of hydrogen-bond acceptors (Lipinski definition) is 4. The van der Waals surface area contributed by atoms with Crippen molar-refractivity contribution < 1.29 is 31.9 Å². The maximum absolute atomic E-state index is 11.7. The largest absolute Gasteiger partial charge is 1.00 e. The number of diazo groups is 1. The summed E-state index contributed by atoms with van der Waals surface area (Å²) in [5.41, 5.74) is 0.720. The van der Waals surface area contributed by atoms with Gasteiger partial charge in [-0.2, -0.15) is 0 Å². The van der Waals surface area contributed by atoms with E-state index in [0.29, 0.717) is 11.3 Å². The molecule has 3 N–H and O–H groups in total. The van der Waals surface area contributed by atoms with Crippen molar-refractivity contribution in [1.82, 2.24) is 10.6 Å². The molecular formula is C13H15ClN4O4. The highest BCUT2D eigenvalue weighted by Crippen LogP contribution is 2.12. The molecule has 1 aromatic rings. The van der Waals surface area contributed by atoms with Crippen LogP contribution in [0.1, 0.15) is 23.2 Å². The SMILES string of the molecule is N#[N+]c1ccc(C(=O)NCCC(=O)NCCC(=O)O)cc1.[Cl-]. The van der Waals surface area contributed by atoms with E-state index in [1.165, 1.54) is 24.3 Å². The highest BCUT2D eigenvalue weighted by atomic mass is 35.5. The molecule has 0 bridgehead atoms. The van der Waals surface area contributed by atoms with Gasteiger partial charge in [-0.1, -0.05) is 0 Å². The molecular weight excluding hydrogens is 312 g/mol. The number of hydrogen-bond donors (Lipinski definition) is 3. The average molecular weight is 327 g/mol. The van der Waals surface area contributed by atoms with Gasteiger partial charge in [0.05, 0.1) is 6.42 Å². The van der Waals surface area contributed by atoms with Gasteiger partial charge < -0.3 is 28.1 Å². The van der Waals surface area contributed by atoms with Gasteiger partial charge in [0.1, 0.15) is 0 Å². The monoisotopic (exact) mass is 326 g/mol. The minimum Gasteiger partial charge on any atom is -1.00 e. The van der Waals surface area contributed by atoms with Gasteiger partial charge in [0.15, 0.2) is 4.98 Å². The van der Waals surface area contributed by atoms with E-state index in [1.807, 2.05) is 0 Å². The van der Waals surface area contributed by atoms with Crippen LogP contribution in [0.4, 0.5) is 5.69 Å². The lowest BCUT2D eigenvalue weighted by Gasteiger charge is -2.05.